The van der Waals surface area contributed by atoms with Gasteiger partial charge in [-0.15, -0.1) is 0 Å². The summed E-state index contributed by atoms with van der Waals surface area (Å²) in [6.07, 6.45) is 0. The number of benzene rings is 2. The van der Waals surface area contributed by atoms with E-state index in [-0.39, 0.29) is 17.7 Å². The van der Waals surface area contributed by atoms with Gasteiger partial charge in [0.2, 0.25) is 0 Å². The number of carbonyl (C=O) groups excluding carboxylic acids is 1. The van der Waals surface area contributed by atoms with Crippen molar-refractivity contribution >= 4 is 17.0 Å². The van der Waals surface area contributed by atoms with Crippen molar-refractivity contribution in [1.29, 1.82) is 0 Å². The maximum absolute atomic E-state index is 14.1. The fourth-order valence-electron chi connectivity index (χ4n) is 2.16. The fraction of sp³-hybridized carbons (Fsp3) is 0.278. The van der Waals surface area contributed by atoms with Gasteiger partial charge in [-0.05, 0) is 67.4 Å². The predicted octanol–water partition coefficient (Wildman–Crippen LogP) is 4.76. The van der Waals surface area contributed by atoms with E-state index in [1.54, 1.807) is 19.2 Å². The summed E-state index contributed by atoms with van der Waals surface area (Å²) in [4.78, 5) is 12.1. The average Bonchev–Trinajstić information content (AvgIpc) is 2.51. The summed E-state index contributed by atoms with van der Waals surface area (Å²) in [5, 5.41) is 2.28. The lowest BCUT2D eigenvalue weighted by Gasteiger charge is -2.14. The first-order chi connectivity index (χ1) is 10.9. The van der Waals surface area contributed by atoms with Crippen LogP contribution < -0.4 is 10.1 Å². The van der Waals surface area contributed by atoms with Crippen LogP contribution in [0.2, 0.25) is 0 Å². The second kappa shape index (κ2) is 7.51. The topological polar surface area (TPSA) is 38.3 Å². The summed E-state index contributed by atoms with van der Waals surface area (Å²) >= 11 is 0.959. The highest BCUT2D eigenvalue weighted by molar-refractivity contribution is 8.13. The fourth-order valence-corrected chi connectivity index (χ4v) is 2.89. The van der Waals surface area contributed by atoms with Crippen molar-refractivity contribution in [2.24, 2.45) is 0 Å². The van der Waals surface area contributed by atoms with Crippen molar-refractivity contribution in [3.63, 3.8) is 0 Å². The summed E-state index contributed by atoms with van der Waals surface area (Å²) in [5.74, 6) is 0.354. The number of amides is 1. The summed E-state index contributed by atoms with van der Waals surface area (Å²) in [7, 11) is 1.54. The highest BCUT2D eigenvalue weighted by Gasteiger charge is 2.13. The van der Waals surface area contributed by atoms with Crippen molar-refractivity contribution in [3.05, 3.63) is 58.4 Å². The van der Waals surface area contributed by atoms with Crippen molar-refractivity contribution in [3.8, 4) is 5.75 Å². The molecule has 0 spiro atoms. The minimum atomic E-state index is -0.375. The van der Waals surface area contributed by atoms with Gasteiger partial charge in [0.1, 0.15) is 18.2 Å². The molecule has 122 valence electrons. The number of nitrogens with one attached hydrogen (secondary N) is 1. The number of hydrogen-bond donors (Lipinski definition) is 1. The van der Waals surface area contributed by atoms with Crippen LogP contribution in [0.3, 0.4) is 0 Å². The summed E-state index contributed by atoms with van der Waals surface area (Å²) in [6, 6.07) is 8.68. The van der Waals surface area contributed by atoms with E-state index in [0.717, 1.165) is 28.6 Å². The molecule has 0 atom stereocenters. The van der Waals surface area contributed by atoms with Crippen LogP contribution in [0.25, 0.3) is 0 Å². The molecule has 0 radical (unpaired) electrons. The lowest BCUT2D eigenvalue weighted by atomic mass is 10.1. The minimum Gasteiger partial charge on any atom is -0.488 e. The van der Waals surface area contributed by atoms with Crippen LogP contribution in [-0.4, -0.2) is 12.3 Å². The van der Waals surface area contributed by atoms with Crippen LogP contribution in [0, 0.1) is 26.6 Å². The number of aryl methyl sites for hydroxylation is 3. The van der Waals surface area contributed by atoms with Crippen LogP contribution in [0.4, 0.5) is 9.18 Å². The Labute approximate surface area is 140 Å². The lowest BCUT2D eigenvalue weighted by molar-refractivity contribution is 0.262. The zero-order valence-electron chi connectivity index (χ0n) is 13.7. The molecule has 0 saturated heterocycles. The number of hydrogen-bond acceptors (Lipinski definition) is 3. The Bertz CT molecular complexity index is 731. The standard InChI is InChI=1S/C18H20FNO2S/c1-11-8-13(3)16(9-12(11)2)22-10-14-15(19)6-5-7-17(14)23-18(21)20-4/h5-9H,10H2,1-4H3,(H,20,21). The molecule has 3 nitrogen and oxygen atoms in total. The molecule has 0 fully saturated rings. The van der Waals surface area contributed by atoms with Crippen LogP contribution in [0.15, 0.2) is 35.2 Å². The van der Waals surface area contributed by atoms with Crippen molar-refractivity contribution in [2.45, 2.75) is 32.3 Å². The van der Waals surface area contributed by atoms with Crippen LogP contribution in [-0.2, 0) is 6.61 Å². The van der Waals surface area contributed by atoms with E-state index in [0.29, 0.717) is 10.5 Å². The molecule has 0 saturated carbocycles. The molecule has 0 aliphatic heterocycles. The largest absolute Gasteiger partial charge is 0.488 e. The molecule has 0 aromatic heterocycles. The first-order valence-electron chi connectivity index (χ1n) is 7.30. The molecule has 2 rings (SSSR count). The Kier molecular flexibility index (Phi) is 5.66. The first kappa shape index (κ1) is 17.3. The quantitative estimate of drug-likeness (QED) is 0.820. The van der Waals surface area contributed by atoms with Gasteiger partial charge in [0.15, 0.2) is 0 Å². The van der Waals surface area contributed by atoms with Gasteiger partial charge in [0.05, 0.1) is 0 Å². The van der Waals surface area contributed by atoms with E-state index >= 15 is 0 Å². The molecule has 0 unspecified atom stereocenters. The SMILES string of the molecule is CNC(=O)Sc1cccc(F)c1COc1cc(C)c(C)cc1C. The van der Waals surface area contributed by atoms with Crippen LogP contribution in [0.1, 0.15) is 22.3 Å². The van der Waals surface area contributed by atoms with E-state index in [9.17, 15) is 9.18 Å². The number of carbonyl (C=O) groups is 1. The van der Waals surface area contributed by atoms with Crippen molar-refractivity contribution in [1.82, 2.24) is 5.32 Å². The second-order valence-corrected chi connectivity index (χ2v) is 6.36. The highest BCUT2D eigenvalue weighted by Crippen LogP contribution is 2.28. The Balaban J connectivity index is 2.23. The van der Waals surface area contributed by atoms with Crippen molar-refractivity contribution < 1.29 is 13.9 Å². The zero-order chi connectivity index (χ0) is 17.0. The minimum absolute atomic E-state index is 0.0787. The van der Waals surface area contributed by atoms with Crippen molar-refractivity contribution in [2.75, 3.05) is 7.05 Å². The maximum Gasteiger partial charge on any atom is 0.283 e. The van der Waals surface area contributed by atoms with Gasteiger partial charge in [0.25, 0.3) is 5.24 Å². The number of ether oxygens (including phenoxy) is 1. The maximum atomic E-state index is 14.1. The lowest BCUT2D eigenvalue weighted by Crippen LogP contribution is -2.12. The van der Waals surface area contributed by atoms with Gasteiger partial charge >= 0.3 is 0 Å². The summed E-state index contributed by atoms with van der Waals surface area (Å²) in [5.41, 5.74) is 3.71. The van der Waals surface area contributed by atoms with Gasteiger partial charge in [-0.25, -0.2) is 4.39 Å². The van der Waals surface area contributed by atoms with Gasteiger partial charge in [0, 0.05) is 17.5 Å². The highest BCUT2D eigenvalue weighted by atomic mass is 32.2. The number of thioether (sulfide) groups is 1. The van der Waals surface area contributed by atoms with Crippen LogP contribution in [0.5, 0.6) is 5.75 Å². The molecule has 2 aromatic rings. The van der Waals surface area contributed by atoms with Gasteiger partial charge in [-0.1, -0.05) is 12.1 Å². The molecule has 2 aromatic carbocycles. The number of rotatable bonds is 4. The predicted molar refractivity (Wildman–Crippen MR) is 91.7 cm³/mol. The molecular weight excluding hydrogens is 313 g/mol. The van der Waals surface area contributed by atoms with Gasteiger partial charge < -0.3 is 10.1 Å². The molecule has 0 aliphatic carbocycles. The van der Waals surface area contributed by atoms with E-state index in [4.69, 9.17) is 4.74 Å². The van der Waals surface area contributed by atoms with E-state index in [2.05, 4.69) is 5.32 Å². The molecular formula is C18H20FNO2S. The second-order valence-electron chi connectivity index (χ2n) is 5.35. The third-order valence-electron chi connectivity index (χ3n) is 3.65. The normalized spacial score (nSPS) is 10.5. The Hall–Kier alpha value is -2.01. The molecule has 1 N–H and O–H groups in total. The van der Waals surface area contributed by atoms with E-state index in [1.165, 1.54) is 11.6 Å². The first-order valence-corrected chi connectivity index (χ1v) is 8.11. The summed E-state index contributed by atoms with van der Waals surface area (Å²) < 4.78 is 19.9. The molecule has 0 heterocycles. The van der Waals surface area contributed by atoms with Gasteiger partial charge in [-0.3, -0.25) is 4.79 Å². The molecule has 5 heteroatoms. The Morgan fingerprint density at radius 3 is 2.57 bits per heavy atom. The zero-order valence-corrected chi connectivity index (χ0v) is 14.5. The third kappa shape index (κ3) is 4.26. The van der Waals surface area contributed by atoms with E-state index in [1.807, 2.05) is 32.9 Å². The number of halogens is 1. The third-order valence-corrected chi connectivity index (χ3v) is 4.64. The van der Waals surface area contributed by atoms with Crippen LogP contribution >= 0.6 is 11.8 Å². The van der Waals surface area contributed by atoms with E-state index < -0.39 is 0 Å². The molecule has 1 amide bonds. The smallest absolute Gasteiger partial charge is 0.283 e. The monoisotopic (exact) mass is 333 g/mol. The van der Waals surface area contributed by atoms with Gasteiger partial charge in [-0.2, -0.15) is 0 Å². The Morgan fingerprint density at radius 1 is 1.17 bits per heavy atom. The summed E-state index contributed by atoms with van der Waals surface area (Å²) in [6.45, 7) is 6.09. The molecule has 0 bridgehead atoms. The molecule has 0 aliphatic rings. The Morgan fingerprint density at radius 2 is 1.87 bits per heavy atom. The molecule has 23 heavy (non-hydrogen) atoms. The average molecular weight is 333 g/mol.